The van der Waals surface area contributed by atoms with Gasteiger partial charge in [0.15, 0.2) is 0 Å². The molecule has 0 saturated carbocycles. The summed E-state index contributed by atoms with van der Waals surface area (Å²) in [4.78, 5) is 19.4. The number of likely N-dealkylation sites (tertiary alicyclic amines) is 1. The Hall–Kier alpha value is -3.48. The summed E-state index contributed by atoms with van der Waals surface area (Å²) in [7, 11) is 0. The highest BCUT2D eigenvalue weighted by Crippen LogP contribution is 2.25. The van der Waals surface area contributed by atoms with E-state index < -0.39 is 0 Å². The third-order valence-electron chi connectivity index (χ3n) is 6.54. The van der Waals surface area contributed by atoms with Gasteiger partial charge in [0.05, 0.1) is 23.1 Å². The summed E-state index contributed by atoms with van der Waals surface area (Å²) in [5, 5.41) is 7.08. The van der Waals surface area contributed by atoms with E-state index in [1.54, 1.807) is 18.2 Å². The van der Waals surface area contributed by atoms with E-state index in [9.17, 15) is 9.18 Å². The molecule has 2 aromatic carbocycles. The first-order chi connectivity index (χ1) is 15.5. The summed E-state index contributed by atoms with van der Waals surface area (Å²) in [6.07, 6.45) is 3.84. The van der Waals surface area contributed by atoms with Gasteiger partial charge < -0.3 is 9.47 Å². The zero-order valence-electron chi connectivity index (χ0n) is 18.3. The van der Waals surface area contributed by atoms with E-state index in [0.29, 0.717) is 17.3 Å². The van der Waals surface area contributed by atoms with E-state index >= 15 is 0 Å². The minimum absolute atomic E-state index is 0.0384. The van der Waals surface area contributed by atoms with Gasteiger partial charge in [0, 0.05) is 25.2 Å². The molecule has 164 valence electrons. The maximum Gasteiger partial charge on any atom is 0.271 e. The van der Waals surface area contributed by atoms with Crippen LogP contribution in [0.2, 0.25) is 0 Å². The van der Waals surface area contributed by atoms with Crippen LogP contribution in [0, 0.1) is 25.6 Å². The predicted octanol–water partition coefficient (Wildman–Crippen LogP) is 4.73. The normalized spacial score (nSPS) is 14.9. The van der Waals surface area contributed by atoms with E-state index in [1.807, 2.05) is 11.2 Å². The summed E-state index contributed by atoms with van der Waals surface area (Å²) in [5.74, 6) is 0.176. The molecule has 4 aromatic rings. The van der Waals surface area contributed by atoms with Gasteiger partial charge in [0.1, 0.15) is 11.5 Å². The van der Waals surface area contributed by atoms with Crippen LogP contribution in [-0.4, -0.2) is 43.6 Å². The number of aromatic nitrogens is 4. The molecule has 1 saturated heterocycles. The fourth-order valence-corrected chi connectivity index (χ4v) is 4.43. The van der Waals surface area contributed by atoms with Crippen molar-refractivity contribution in [2.24, 2.45) is 5.92 Å². The monoisotopic (exact) mass is 431 g/mol. The standard InChI is InChI=1S/C25H26FN5O/c1-16-11-22-24(12-17(16)2)31(15-27-22)14-18-7-9-30(10-8-18)25(32)23-13-21(28-29-23)19-3-5-20(26)6-4-19/h3-6,11-13,15,18H,7-10,14H2,1-2H3,(H,28,29). The van der Waals surface area contributed by atoms with Gasteiger partial charge in [-0.25, -0.2) is 9.37 Å². The Morgan fingerprint density at radius 2 is 1.81 bits per heavy atom. The Morgan fingerprint density at radius 3 is 2.56 bits per heavy atom. The van der Waals surface area contributed by atoms with Crippen molar-refractivity contribution in [3.8, 4) is 11.3 Å². The molecule has 0 bridgehead atoms. The molecule has 0 radical (unpaired) electrons. The number of fused-ring (bicyclic) bond motifs is 1. The number of amides is 1. The number of nitrogens with zero attached hydrogens (tertiary/aromatic N) is 4. The van der Waals surface area contributed by atoms with Crippen LogP contribution in [0.5, 0.6) is 0 Å². The first-order valence-electron chi connectivity index (χ1n) is 11.0. The van der Waals surface area contributed by atoms with Crippen LogP contribution in [0.3, 0.4) is 0 Å². The molecule has 1 N–H and O–H groups in total. The molecular formula is C25H26FN5O. The molecule has 32 heavy (non-hydrogen) atoms. The molecule has 1 fully saturated rings. The van der Waals surface area contributed by atoms with Crippen LogP contribution in [0.1, 0.15) is 34.5 Å². The van der Waals surface area contributed by atoms with Crippen LogP contribution in [0.4, 0.5) is 4.39 Å². The lowest BCUT2D eigenvalue weighted by molar-refractivity contribution is 0.0677. The second-order valence-corrected chi connectivity index (χ2v) is 8.73. The Labute approximate surface area is 186 Å². The van der Waals surface area contributed by atoms with Gasteiger partial charge in [-0.2, -0.15) is 5.10 Å². The number of H-pyrrole nitrogens is 1. The summed E-state index contributed by atoms with van der Waals surface area (Å²) >= 11 is 0. The number of rotatable bonds is 4. The molecule has 3 heterocycles. The number of aryl methyl sites for hydroxylation is 2. The second-order valence-electron chi connectivity index (χ2n) is 8.73. The average molecular weight is 432 g/mol. The molecule has 0 aliphatic carbocycles. The maximum atomic E-state index is 13.1. The van der Waals surface area contributed by atoms with Gasteiger partial charge in [-0.3, -0.25) is 9.89 Å². The Morgan fingerprint density at radius 1 is 1.09 bits per heavy atom. The summed E-state index contributed by atoms with van der Waals surface area (Å²) in [6.45, 7) is 6.61. The molecule has 1 aliphatic rings. The van der Waals surface area contributed by atoms with Gasteiger partial charge in [-0.1, -0.05) is 0 Å². The van der Waals surface area contributed by atoms with Gasteiger partial charge in [-0.15, -0.1) is 0 Å². The second kappa shape index (κ2) is 8.22. The molecule has 2 aromatic heterocycles. The first kappa shape index (κ1) is 20.4. The number of piperidine rings is 1. The average Bonchev–Trinajstić information content (AvgIpc) is 3.43. The molecule has 5 rings (SSSR count). The van der Waals surface area contributed by atoms with Crippen molar-refractivity contribution < 1.29 is 9.18 Å². The minimum atomic E-state index is -0.294. The van der Waals surface area contributed by atoms with Crippen molar-refractivity contribution in [1.82, 2.24) is 24.6 Å². The molecule has 6 nitrogen and oxygen atoms in total. The fraction of sp³-hybridized carbons (Fsp3) is 0.320. The highest BCUT2D eigenvalue weighted by molar-refractivity contribution is 5.93. The molecule has 1 aliphatic heterocycles. The predicted molar refractivity (Wildman–Crippen MR) is 122 cm³/mol. The number of carbonyl (C=O) groups excluding carboxylic acids is 1. The Bertz CT molecular complexity index is 1270. The zero-order chi connectivity index (χ0) is 22.2. The van der Waals surface area contributed by atoms with E-state index in [-0.39, 0.29) is 11.7 Å². The lowest BCUT2D eigenvalue weighted by atomic mass is 9.96. The van der Waals surface area contributed by atoms with E-state index in [0.717, 1.165) is 43.6 Å². The lowest BCUT2D eigenvalue weighted by Gasteiger charge is -2.32. The summed E-state index contributed by atoms with van der Waals surface area (Å²) in [6, 6.07) is 12.2. The van der Waals surface area contributed by atoms with Crippen LogP contribution in [0.15, 0.2) is 48.8 Å². The van der Waals surface area contributed by atoms with E-state index in [1.165, 1.54) is 28.8 Å². The van der Waals surface area contributed by atoms with Crippen molar-refractivity contribution in [2.75, 3.05) is 13.1 Å². The quantitative estimate of drug-likeness (QED) is 0.508. The smallest absolute Gasteiger partial charge is 0.271 e. The van der Waals surface area contributed by atoms with Crippen molar-refractivity contribution in [2.45, 2.75) is 33.2 Å². The SMILES string of the molecule is Cc1cc2ncn(CC3CCN(C(=O)c4cc(-c5ccc(F)cc5)n[nH]4)CC3)c2cc1C. The van der Waals surface area contributed by atoms with Gasteiger partial charge in [0.25, 0.3) is 5.91 Å². The summed E-state index contributed by atoms with van der Waals surface area (Å²) in [5.41, 5.74) is 6.64. The maximum absolute atomic E-state index is 13.1. The summed E-state index contributed by atoms with van der Waals surface area (Å²) < 4.78 is 15.4. The molecule has 0 atom stereocenters. The number of carbonyl (C=O) groups is 1. The van der Waals surface area contributed by atoms with Crippen LogP contribution >= 0.6 is 0 Å². The Kier molecular flexibility index (Phi) is 5.25. The van der Waals surface area contributed by atoms with Gasteiger partial charge >= 0.3 is 0 Å². The van der Waals surface area contributed by atoms with E-state index in [2.05, 4.69) is 45.7 Å². The lowest BCUT2D eigenvalue weighted by Crippen LogP contribution is -2.39. The van der Waals surface area contributed by atoms with Crippen LogP contribution in [-0.2, 0) is 6.54 Å². The van der Waals surface area contributed by atoms with E-state index in [4.69, 9.17) is 0 Å². The van der Waals surface area contributed by atoms with Crippen molar-refractivity contribution in [3.05, 3.63) is 71.4 Å². The fourth-order valence-electron chi connectivity index (χ4n) is 4.43. The number of imidazole rings is 1. The van der Waals surface area contributed by atoms with Crippen LogP contribution in [0.25, 0.3) is 22.3 Å². The number of nitrogens with one attached hydrogen (secondary N) is 1. The zero-order valence-corrected chi connectivity index (χ0v) is 18.3. The number of benzene rings is 2. The largest absolute Gasteiger partial charge is 0.337 e. The van der Waals surface area contributed by atoms with Crippen molar-refractivity contribution in [3.63, 3.8) is 0 Å². The van der Waals surface area contributed by atoms with Crippen molar-refractivity contribution in [1.29, 1.82) is 0 Å². The first-order valence-corrected chi connectivity index (χ1v) is 11.0. The van der Waals surface area contributed by atoms with Gasteiger partial charge in [0.2, 0.25) is 0 Å². The number of hydrogen-bond acceptors (Lipinski definition) is 3. The molecule has 0 spiro atoms. The number of aromatic amines is 1. The minimum Gasteiger partial charge on any atom is -0.337 e. The highest BCUT2D eigenvalue weighted by Gasteiger charge is 2.25. The number of hydrogen-bond donors (Lipinski definition) is 1. The third-order valence-corrected chi connectivity index (χ3v) is 6.54. The Balaban J connectivity index is 1.22. The highest BCUT2D eigenvalue weighted by atomic mass is 19.1. The van der Waals surface area contributed by atoms with Gasteiger partial charge in [-0.05, 0) is 86.2 Å². The topological polar surface area (TPSA) is 66.8 Å². The van der Waals surface area contributed by atoms with Crippen molar-refractivity contribution >= 4 is 16.9 Å². The third kappa shape index (κ3) is 3.90. The molecule has 7 heteroatoms. The molecule has 0 unspecified atom stereocenters. The van der Waals surface area contributed by atoms with Crippen LogP contribution < -0.4 is 0 Å². The number of halogens is 1. The molecular weight excluding hydrogens is 405 g/mol. The molecule has 1 amide bonds.